The maximum absolute atomic E-state index is 14.0. The highest BCUT2D eigenvalue weighted by atomic mass is 32.1. The van der Waals surface area contributed by atoms with Gasteiger partial charge in [-0.1, -0.05) is 0 Å². The van der Waals surface area contributed by atoms with Crippen molar-refractivity contribution in [2.24, 2.45) is 0 Å². The molecule has 1 aromatic carbocycles. The van der Waals surface area contributed by atoms with Gasteiger partial charge in [0.15, 0.2) is 17.4 Å². The molecule has 0 radical (unpaired) electrons. The van der Waals surface area contributed by atoms with Crippen molar-refractivity contribution in [2.45, 2.75) is 39.5 Å². The predicted molar refractivity (Wildman–Crippen MR) is 79.4 cm³/mol. The molecule has 0 unspecified atom stereocenters. The average molecular weight is 312 g/mol. The third-order valence-electron chi connectivity index (χ3n) is 2.72. The molecule has 3 nitrogen and oxygen atoms in total. The molecule has 0 amide bonds. The maximum atomic E-state index is 14.0. The van der Waals surface area contributed by atoms with Gasteiger partial charge >= 0.3 is 0 Å². The molecule has 0 bridgehead atoms. The smallest absolute Gasteiger partial charge is 0.191 e. The summed E-state index contributed by atoms with van der Waals surface area (Å²) in [4.78, 5) is 4.70. The molecule has 0 aliphatic carbocycles. The average Bonchev–Trinajstić information content (AvgIpc) is 2.87. The van der Waals surface area contributed by atoms with E-state index in [0.29, 0.717) is 12.1 Å². The van der Waals surface area contributed by atoms with Gasteiger partial charge in [-0.15, -0.1) is 11.3 Å². The summed E-state index contributed by atoms with van der Waals surface area (Å²) < 4.78 is 33.1. The van der Waals surface area contributed by atoms with E-state index in [2.05, 4.69) is 10.3 Å². The van der Waals surface area contributed by atoms with E-state index in [9.17, 15) is 8.78 Å². The van der Waals surface area contributed by atoms with Crippen LogP contribution >= 0.6 is 11.3 Å². The molecule has 0 aliphatic rings. The zero-order chi connectivity index (χ0) is 15.5. The van der Waals surface area contributed by atoms with Crippen LogP contribution < -0.4 is 10.1 Å². The van der Waals surface area contributed by atoms with Gasteiger partial charge in [-0.3, -0.25) is 4.98 Å². The lowest BCUT2D eigenvalue weighted by molar-refractivity contribution is 0.276. The predicted octanol–water partition coefficient (Wildman–Crippen LogP) is 3.89. The highest BCUT2D eigenvalue weighted by molar-refractivity contribution is 7.09. The summed E-state index contributed by atoms with van der Waals surface area (Å²) in [6.07, 6.45) is 1.61. The fraction of sp³-hybridized carbons (Fsp3) is 0.400. The minimum Gasteiger partial charge on any atom is -0.482 e. The Balaban J connectivity index is 2.06. The second kappa shape index (κ2) is 6.49. The molecule has 0 saturated heterocycles. The number of thiazole rings is 1. The number of nitrogens with zero attached hydrogens (tertiary/aromatic N) is 1. The molecule has 1 N–H and O–H groups in total. The number of hydrogen-bond donors (Lipinski definition) is 1. The molecule has 21 heavy (non-hydrogen) atoms. The number of ether oxygens (including phenoxy) is 1. The molecule has 1 aromatic heterocycles. The van der Waals surface area contributed by atoms with E-state index in [4.69, 9.17) is 4.74 Å². The Morgan fingerprint density at radius 2 is 1.90 bits per heavy atom. The van der Waals surface area contributed by atoms with Crippen LogP contribution in [-0.2, 0) is 13.2 Å². The molecule has 0 saturated carbocycles. The molecular weight excluding hydrogens is 294 g/mol. The van der Waals surface area contributed by atoms with Gasteiger partial charge in [0.2, 0.25) is 0 Å². The Morgan fingerprint density at radius 3 is 2.43 bits per heavy atom. The van der Waals surface area contributed by atoms with Crippen LogP contribution in [0.2, 0.25) is 0 Å². The molecule has 6 heteroatoms. The normalized spacial score (nSPS) is 11.7. The summed E-state index contributed by atoms with van der Waals surface area (Å²) in [5, 5.41) is 3.19. The third-order valence-corrected chi connectivity index (χ3v) is 3.48. The summed E-state index contributed by atoms with van der Waals surface area (Å²) in [6.45, 7) is 6.48. The Morgan fingerprint density at radius 1 is 1.24 bits per heavy atom. The SMILES string of the molecule is CC(C)(C)NCc1cc(F)c(OCc2cncs2)c(F)c1. The lowest BCUT2D eigenvalue weighted by Crippen LogP contribution is -2.35. The first-order chi connectivity index (χ1) is 9.85. The van der Waals surface area contributed by atoms with Gasteiger partial charge in [-0.05, 0) is 38.5 Å². The summed E-state index contributed by atoms with van der Waals surface area (Å²) in [5.74, 6) is -1.72. The zero-order valence-corrected chi connectivity index (χ0v) is 13.1. The van der Waals surface area contributed by atoms with Crippen molar-refractivity contribution in [2.75, 3.05) is 0 Å². The monoisotopic (exact) mass is 312 g/mol. The largest absolute Gasteiger partial charge is 0.482 e. The number of hydrogen-bond acceptors (Lipinski definition) is 4. The maximum Gasteiger partial charge on any atom is 0.191 e. The van der Waals surface area contributed by atoms with E-state index >= 15 is 0 Å². The molecule has 2 aromatic rings. The van der Waals surface area contributed by atoms with Crippen LogP contribution in [0.4, 0.5) is 8.78 Å². The van der Waals surface area contributed by atoms with Gasteiger partial charge in [0.05, 0.1) is 10.4 Å². The number of aromatic nitrogens is 1. The molecule has 0 spiro atoms. The Hall–Kier alpha value is -1.53. The van der Waals surface area contributed by atoms with Crippen molar-refractivity contribution in [3.05, 3.63) is 45.9 Å². The first kappa shape index (κ1) is 15.9. The number of benzene rings is 1. The molecule has 114 valence electrons. The molecule has 0 aliphatic heterocycles. The van der Waals surface area contributed by atoms with Gasteiger partial charge in [-0.2, -0.15) is 0 Å². The molecular formula is C15H18F2N2OS. The lowest BCUT2D eigenvalue weighted by atomic mass is 10.1. The third kappa shape index (κ3) is 4.75. The van der Waals surface area contributed by atoms with E-state index in [1.165, 1.54) is 23.5 Å². The topological polar surface area (TPSA) is 34.1 Å². The van der Waals surface area contributed by atoms with Crippen molar-refractivity contribution in [3.63, 3.8) is 0 Å². The van der Waals surface area contributed by atoms with E-state index in [1.54, 1.807) is 11.7 Å². The first-order valence-electron chi connectivity index (χ1n) is 6.58. The van der Waals surface area contributed by atoms with Crippen molar-refractivity contribution in [1.29, 1.82) is 0 Å². The second-order valence-electron chi connectivity index (χ2n) is 5.75. The Labute approximate surface area is 127 Å². The second-order valence-corrected chi connectivity index (χ2v) is 6.72. The fourth-order valence-corrected chi connectivity index (χ4v) is 2.18. The van der Waals surface area contributed by atoms with Crippen LogP contribution in [0.5, 0.6) is 5.75 Å². The van der Waals surface area contributed by atoms with Crippen LogP contribution in [-0.4, -0.2) is 10.5 Å². The highest BCUT2D eigenvalue weighted by Crippen LogP contribution is 2.25. The van der Waals surface area contributed by atoms with Crippen LogP contribution in [0.1, 0.15) is 31.2 Å². The van der Waals surface area contributed by atoms with Crippen LogP contribution in [0.25, 0.3) is 0 Å². The van der Waals surface area contributed by atoms with Gasteiger partial charge in [0, 0.05) is 18.3 Å². The standard InChI is InChI=1S/C15H18F2N2OS/c1-15(2,3)19-6-10-4-12(16)14(13(17)5-10)20-8-11-7-18-9-21-11/h4-5,7,9,19H,6,8H2,1-3H3. The first-order valence-corrected chi connectivity index (χ1v) is 7.46. The van der Waals surface area contributed by atoms with Crippen LogP contribution in [0, 0.1) is 11.6 Å². The summed E-state index contributed by atoms with van der Waals surface area (Å²) in [6, 6.07) is 2.59. The highest BCUT2D eigenvalue weighted by Gasteiger charge is 2.15. The van der Waals surface area contributed by atoms with Crippen molar-refractivity contribution >= 4 is 11.3 Å². The minimum absolute atomic E-state index is 0.109. The van der Waals surface area contributed by atoms with Gasteiger partial charge in [0.1, 0.15) is 6.61 Å². The van der Waals surface area contributed by atoms with E-state index in [-0.39, 0.29) is 17.9 Å². The van der Waals surface area contributed by atoms with Gasteiger partial charge < -0.3 is 10.1 Å². The quantitative estimate of drug-likeness (QED) is 0.909. The summed E-state index contributed by atoms with van der Waals surface area (Å²) >= 11 is 1.38. The number of rotatable bonds is 5. The van der Waals surface area contributed by atoms with E-state index < -0.39 is 11.6 Å². The van der Waals surface area contributed by atoms with Gasteiger partial charge in [-0.25, -0.2) is 8.78 Å². The molecule has 2 rings (SSSR count). The molecule has 0 fully saturated rings. The van der Waals surface area contributed by atoms with Crippen LogP contribution in [0.3, 0.4) is 0 Å². The minimum atomic E-state index is -0.690. The van der Waals surface area contributed by atoms with E-state index in [1.807, 2.05) is 20.8 Å². The van der Waals surface area contributed by atoms with Crippen molar-refractivity contribution < 1.29 is 13.5 Å². The summed E-state index contributed by atoms with van der Waals surface area (Å²) in [7, 11) is 0. The fourth-order valence-electron chi connectivity index (χ4n) is 1.68. The van der Waals surface area contributed by atoms with Gasteiger partial charge in [0.25, 0.3) is 0 Å². The zero-order valence-electron chi connectivity index (χ0n) is 12.2. The van der Waals surface area contributed by atoms with Crippen LogP contribution in [0.15, 0.2) is 23.8 Å². The number of halogens is 2. The Bertz CT molecular complexity index is 571. The summed E-state index contributed by atoms with van der Waals surface area (Å²) in [5.41, 5.74) is 2.08. The Kier molecular flexibility index (Phi) is 4.90. The van der Waals surface area contributed by atoms with Crippen molar-refractivity contribution in [3.8, 4) is 5.75 Å². The lowest BCUT2D eigenvalue weighted by Gasteiger charge is -2.20. The number of nitrogens with one attached hydrogen (secondary N) is 1. The molecule has 1 heterocycles. The van der Waals surface area contributed by atoms with Crippen molar-refractivity contribution in [1.82, 2.24) is 10.3 Å². The molecule has 0 atom stereocenters. The van der Waals surface area contributed by atoms with E-state index in [0.717, 1.165) is 4.88 Å².